The van der Waals surface area contributed by atoms with Crippen LogP contribution in [0.4, 0.5) is 0 Å². The standard InChI is InChI=1S/C14H18N2S/c1-14(6-3-7-17-14)11-16-10-13-5-2-4-12(8-13)9-15/h2,4-5,8,16H,3,6-7,10-11H2,1H3. The van der Waals surface area contributed by atoms with E-state index in [0.29, 0.717) is 4.75 Å². The molecule has 90 valence electrons. The van der Waals surface area contributed by atoms with Crippen LogP contribution in [0.3, 0.4) is 0 Å². The second-order valence-electron chi connectivity index (χ2n) is 4.82. The van der Waals surface area contributed by atoms with Gasteiger partial charge in [-0.1, -0.05) is 12.1 Å². The quantitative estimate of drug-likeness (QED) is 0.887. The lowest BCUT2D eigenvalue weighted by atomic mass is 10.1. The maximum absolute atomic E-state index is 8.83. The molecule has 1 atom stereocenters. The van der Waals surface area contributed by atoms with Crippen molar-refractivity contribution >= 4 is 11.8 Å². The molecule has 2 rings (SSSR count). The Hall–Kier alpha value is -0.980. The summed E-state index contributed by atoms with van der Waals surface area (Å²) in [6.45, 7) is 4.24. The first kappa shape index (κ1) is 12.5. The molecule has 1 N–H and O–H groups in total. The fourth-order valence-electron chi connectivity index (χ4n) is 2.20. The molecular formula is C14H18N2S. The lowest BCUT2D eigenvalue weighted by Gasteiger charge is -2.23. The summed E-state index contributed by atoms with van der Waals surface area (Å²) in [5.74, 6) is 1.29. The molecule has 0 amide bonds. The first-order valence-corrected chi connectivity index (χ1v) is 7.04. The molecule has 3 heteroatoms. The SMILES string of the molecule is CC1(CNCc2cccc(C#N)c2)CCCS1. The van der Waals surface area contributed by atoms with Crippen molar-refractivity contribution < 1.29 is 0 Å². The van der Waals surface area contributed by atoms with Gasteiger partial charge in [-0.15, -0.1) is 0 Å². The molecule has 2 nitrogen and oxygen atoms in total. The number of nitrogens with zero attached hydrogens (tertiary/aromatic N) is 1. The van der Waals surface area contributed by atoms with Crippen molar-refractivity contribution in [1.29, 1.82) is 5.26 Å². The van der Waals surface area contributed by atoms with Crippen LogP contribution in [0, 0.1) is 11.3 Å². The Bertz CT molecular complexity index is 416. The molecule has 1 aliphatic rings. The van der Waals surface area contributed by atoms with Crippen molar-refractivity contribution in [1.82, 2.24) is 5.32 Å². The van der Waals surface area contributed by atoms with Crippen molar-refractivity contribution in [2.24, 2.45) is 0 Å². The third kappa shape index (κ3) is 3.49. The highest BCUT2D eigenvalue weighted by Crippen LogP contribution is 2.36. The third-order valence-corrected chi connectivity index (χ3v) is 4.72. The molecule has 0 aromatic heterocycles. The third-order valence-electron chi connectivity index (χ3n) is 3.18. The number of hydrogen-bond donors (Lipinski definition) is 1. The number of benzene rings is 1. The summed E-state index contributed by atoms with van der Waals surface area (Å²) >= 11 is 2.07. The number of rotatable bonds is 4. The molecule has 1 unspecified atom stereocenters. The lowest BCUT2D eigenvalue weighted by molar-refractivity contribution is 0.537. The molecule has 1 heterocycles. The highest BCUT2D eigenvalue weighted by molar-refractivity contribution is 8.00. The van der Waals surface area contributed by atoms with Crippen LogP contribution >= 0.6 is 11.8 Å². The van der Waals surface area contributed by atoms with Crippen LogP contribution in [0.2, 0.25) is 0 Å². The molecule has 1 saturated heterocycles. The Morgan fingerprint density at radius 3 is 3.12 bits per heavy atom. The van der Waals surface area contributed by atoms with Crippen LogP contribution in [-0.4, -0.2) is 17.0 Å². The van der Waals surface area contributed by atoms with Gasteiger partial charge < -0.3 is 5.32 Å². The Labute approximate surface area is 107 Å². The smallest absolute Gasteiger partial charge is 0.0991 e. The van der Waals surface area contributed by atoms with Gasteiger partial charge in [0.2, 0.25) is 0 Å². The zero-order valence-electron chi connectivity index (χ0n) is 10.2. The topological polar surface area (TPSA) is 35.8 Å². The summed E-state index contributed by atoms with van der Waals surface area (Å²) in [6.07, 6.45) is 2.65. The molecular weight excluding hydrogens is 228 g/mol. The van der Waals surface area contributed by atoms with E-state index in [-0.39, 0.29) is 0 Å². The minimum atomic E-state index is 0.410. The van der Waals surface area contributed by atoms with Gasteiger partial charge in [-0.25, -0.2) is 0 Å². The van der Waals surface area contributed by atoms with E-state index < -0.39 is 0 Å². The lowest BCUT2D eigenvalue weighted by Crippen LogP contribution is -2.32. The van der Waals surface area contributed by atoms with Crippen LogP contribution in [0.5, 0.6) is 0 Å². The van der Waals surface area contributed by atoms with Gasteiger partial charge in [-0.2, -0.15) is 17.0 Å². The Balaban J connectivity index is 1.83. The van der Waals surface area contributed by atoms with Gasteiger partial charge >= 0.3 is 0 Å². The summed E-state index contributed by atoms with van der Waals surface area (Å²) in [4.78, 5) is 0. The molecule has 0 bridgehead atoms. The molecule has 0 aliphatic carbocycles. The fourth-order valence-corrected chi connectivity index (χ4v) is 3.47. The minimum Gasteiger partial charge on any atom is -0.311 e. The van der Waals surface area contributed by atoms with Gasteiger partial charge in [0.1, 0.15) is 0 Å². The van der Waals surface area contributed by atoms with E-state index in [0.717, 1.165) is 18.7 Å². The highest BCUT2D eigenvalue weighted by Gasteiger charge is 2.28. The van der Waals surface area contributed by atoms with Gasteiger partial charge in [-0.05, 0) is 43.2 Å². The summed E-state index contributed by atoms with van der Waals surface area (Å²) in [5, 5.41) is 12.3. The molecule has 17 heavy (non-hydrogen) atoms. The van der Waals surface area contributed by atoms with Crippen molar-refractivity contribution in [3.63, 3.8) is 0 Å². The maximum Gasteiger partial charge on any atom is 0.0991 e. The van der Waals surface area contributed by atoms with Crippen LogP contribution in [-0.2, 0) is 6.54 Å². The average molecular weight is 246 g/mol. The number of thioether (sulfide) groups is 1. The van der Waals surface area contributed by atoms with Crippen LogP contribution in [0.15, 0.2) is 24.3 Å². The summed E-state index contributed by atoms with van der Waals surface area (Å²) in [7, 11) is 0. The summed E-state index contributed by atoms with van der Waals surface area (Å²) in [5.41, 5.74) is 1.93. The van der Waals surface area contributed by atoms with Crippen LogP contribution < -0.4 is 5.32 Å². The molecule has 0 spiro atoms. The molecule has 1 aromatic rings. The van der Waals surface area contributed by atoms with E-state index in [4.69, 9.17) is 5.26 Å². The van der Waals surface area contributed by atoms with E-state index in [9.17, 15) is 0 Å². The van der Waals surface area contributed by atoms with Crippen molar-refractivity contribution in [2.45, 2.75) is 31.1 Å². The van der Waals surface area contributed by atoms with Crippen molar-refractivity contribution in [3.8, 4) is 6.07 Å². The molecule has 0 saturated carbocycles. The minimum absolute atomic E-state index is 0.410. The Morgan fingerprint density at radius 2 is 2.41 bits per heavy atom. The maximum atomic E-state index is 8.83. The van der Waals surface area contributed by atoms with E-state index in [1.165, 1.54) is 24.2 Å². The van der Waals surface area contributed by atoms with Crippen LogP contribution in [0.25, 0.3) is 0 Å². The van der Waals surface area contributed by atoms with E-state index in [1.807, 2.05) is 18.2 Å². The van der Waals surface area contributed by atoms with Gasteiger partial charge in [0.05, 0.1) is 11.6 Å². The predicted octanol–water partition coefficient (Wildman–Crippen LogP) is 2.93. The number of nitriles is 1. The summed E-state index contributed by atoms with van der Waals surface area (Å²) < 4.78 is 0.410. The Kier molecular flexibility index (Phi) is 4.09. The van der Waals surface area contributed by atoms with Crippen LogP contribution in [0.1, 0.15) is 30.9 Å². The average Bonchev–Trinajstić information content (AvgIpc) is 2.77. The first-order chi connectivity index (χ1) is 8.22. The monoisotopic (exact) mass is 246 g/mol. The van der Waals surface area contributed by atoms with Gasteiger partial charge in [0, 0.05) is 17.8 Å². The molecule has 1 aliphatic heterocycles. The van der Waals surface area contributed by atoms with Gasteiger partial charge in [0.25, 0.3) is 0 Å². The first-order valence-electron chi connectivity index (χ1n) is 6.06. The highest BCUT2D eigenvalue weighted by atomic mass is 32.2. The van der Waals surface area contributed by atoms with E-state index >= 15 is 0 Å². The Morgan fingerprint density at radius 1 is 1.53 bits per heavy atom. The normalized spacial score (nSPS) is 23.5. The number of nitrogens with one attached hydrogen (secondary N) is 1. The largest absolute Gasteiger partial charge is 0.311 e. The second kappa shape index (κ2) is 5.57. The zero-order chi connectivity index (χ0) is 12.1. The molecule has 1 fully saturated rings. The second-order valence-corrected chi connectivity index (χ2v) is 6.50. The van der Waals surface area contributed by atoms with Gasteiger partial charge in [-0.3, -0.25) is 0 Å². The van der Waals surface area contributed by atoms with E-state index in [1.54, 1.807) is 0 Å². The fraction of sp³-hybridized carbons (Fsp3) is 0.500. The van der Waals surface area contributed by atoms with E-state index in [2.05, 4.69) is 36.1 Å². The van der Waals surface area contributed by atoms with Crippen molar-refractivity contribution in [3.05, 3.63) is 35.4 Å². The molecule has 1 aromatic carbocycles. The number of hydrogen-bond acceptors (Lipinski definition) is 3. The van der Waals surface area contributed by atoms with Crippen molar-refractivity contribution in [2.75, 3.05) is 12.3 Å². The predicted molar refractivity (Wildman–Crippen MR) is 73.0 cm³/mol. The zero-order valence-corrected chi connectivity index (χ0v) is 11.0. The molecule has 0 radical (unpaired) electrons. The van der Waals surface area contributed by atoms with Gasteiger partial charge in [0.15, 0.2) is 0 Å². The summed E-state index contributed by atoms with van der Waals surface area (Å²) in [6, 6.07) is 9.99.